The van der Waals surface area contributed by atoms with Gasteiger partial charge in [-0.3, -0.25) is 0 Å². The highest BCUT2D eigenvalue weighted by Gasteiger charge is 2.71. The second-order valence-electron chi connectivity index (χ2n) is 5.17. The molecular formula is C10H12I2. The molecule has 12 heavy (non-hydrogen) atoms. The van der Waals surface area contributed by atoms with Crippen LogP contribution in [-0.4, -0.2) is 7.85 Å². The van der Waals surface area contributed by atoms with E-state index in [0.29, 0.717) is 0 Å². The molecule has 66 valence electrons. The van der Waals surface area contributed by atoms with E-state index in [9.17, 15) is 0 Å². The fourth-order valence-electron chi connectivity index (χ4n) is 4.98. The number of rotatable bonds is 0. The maximum Gasteiger partial charge on any atom is 0.0175 e. The summed E-state index contributed by atoms with van der Waals surface area (Å²) in [6.45, 7) is 0. The molecule has 4 fully saturated rings. The van der Waals surface area contributed by atoms with Crippen LogP contribution in [0.4, 0.5) is 0 Å². The van der Waals surface area contributed by atoms with E-state index in [0.717, 1.165) is 19.7 Å². The van der Waals surface area contributed by atoms with Gasteiger partial charge in [-0.05, 0) is 48.3 Å². The predicted octanol–water partition coefficient (Wildman–Crippen LogP) is 3.13. The van der Waals surface area contributed by atoms with Crippen LogP contribution < -0.4 is 0 Å². The SMILES string of the molecule is I[C@@H]1[C@H]2C[C@@H]3[C@H]4C[C@H]2[C@H]([C@H]4I)[C@H]13. The Bertz CT molecular complexity index is 226. The minimum Gasteiger partial charge on any atom is -0.0820 e. The highest BCUT2D eigenvalue weighted by molar-refractivity contribution is 14.1. The van der Waals surface area contributed by atoms with Gasteiger partial charge in [0.05, 0.1) is 0 Å². The third-order valence-corrected chi connectivity index (χ3v) is 8.68. The van der Waals surface area contributed by atoms with Crippen LogP contribution in [0, 0.1) is 35.5 Å². The topological polar surface area (TPSA) is 0 Å². The van der Waals surface area contributed by atoms with Gasteiger partial charge in [-0.1, -0.05) is 45.2 Å². The van der Waals surface area contributed by atoms with Crippen molar-refractivity contribution in [1.29, 1.82) is 0 Å². The van der Waals surface area contributed by atoms with E-state index in [-0.39, 0.29) is 0 Å². The maximum absolute atomic E-state index is 2.77. The van der Waals surface area contributed by atoms with Crippen molar-refractivity contribution in [3.63, 3.8) is 0 Å². The Balaban J connectivity index is 1.92. The highest BCUT2D eigenvalue weighted by Crippen LogP contribution is 2.75. The largest absolute Gasteiger partial charge is 0.0820 e. The molecule has 0 aromatic heterocycles. The Morgan fingerprint density at radius 1 is 0.667 bits per heavy atom. The number of hydrogen-bond donors (Lipinski definition) is 0. The molecule has 0 spiro atoms. The Morgan fingerprint density at radius 2 is 1.08 bits per heavy atom. The van der Waals surface area contributed by atoms with Crippen LogP contribution in [0.25, 0.3) is 0 Å². The molecule has 0 amide bonds. The molecule has 0 aromatic rings. The van der Waals surface area contributed by atoms with E-state index in [2.05, 4.69) is 45.2 Å². The molecule has 0 heterocycles. The smallest absolute Gasteiger partial charge is 0.0175 e. The van der Waals surface area contributed by atoms with E-state index in [1.807, 2.05) is 0 Å². The first-order valence-corrected chi connectivity index (χ1v) is 7.56. The maximum atomic E-state index is 2.77. The van der Waals surface area contributed by atoms with Gasteiger partial charge in [-0.15, -0.1) is 0 Å². The zero-order valence-corrected chi connectivity index (χ0v) is 11.1. The quantitative estimate of drug-likeness (QED) is 0.444. The average molecular weight is 386 g/mol. The summed E-state index contributed by atoms with van der Waals surface area (Å²) in [5, 5.41) is 0. The Labute approximate surface area is 101 Å². The monoisotopic (exact) mass is 386 g/mol. The van der Waals surface area contributed by atoms with Crippen LogP contribution in [0.2, 0.25) is 0 Å². The molecule has 4 saturated carbocycles. The third kappa shape index (κ3) is 0.607. The summed E-state index contributed by atoms with van der Waals surface area (Å²) in [5.74, 6) is 6.99. The Hall–Kier alpha value is 1.46. The molecule has 0 unspecified atom stereocenters. The van der Waals surface area contributed by atoms with Gasteiger partial charge in [0.1, 0.15) is 0 Å². The van der Waals surface area contributed by atoms with Gasteiger partial charge in [-0.2, -0.15) is 0 Å². The van der Waals surface area contributed by atoms with Crippen LogP contribution >= 0.6 is 45.2 Å². The van der Waals surface area contributed by atoms with E-state index >= 15 is 0 Å². The first-order valence-electron chi connectivity index (χ1n) is 5.07. The lowest BCUT2D eigenvalue weighted by Crippen LogP contribution is -2.27. The van der Waals surface area contributed by atoms with Crippen molar-refractivity contribution in [3.05, 3.63) is 0 Å². The lowest BCUT2D eigenvalue weighted by molar-refractivity contribution is 0.146. The predicted molar refractivity (Wildman–Crippen MR) is 65.8 cm³/mol. The zero-order chi connectivity index (χ0) is 8.03. The number of alkyl halides is 2. The standard InChI is InChI=1S/C10H12I2/c11-9-5-1-3-6-2-4(5)8(7(3)9)10(6)12/h3-10H,1-2H2/t3-,4-,5-,6+,7+,8-,9+,10-/m1/s1. The van der Waals surface area contributed by atoms with E-state index in [1.54, 1.807) is 12.8 Å². The molecule has 0 radical (unpaired) electrons. The number of halogens is 2. The van der Waals surface area contributed by atoms with Gasteiger partial charge in [0.25, 0.3) is 0 Å². The summed E-state index contributed by atoms with van der Waals surface area (Å²) < 4.78 is 2.15. The van der Waals surface area contributed by atoms with Gasteiger partial charge in [0.2, 0.25) is 0 Å². The summed E-state index contributed by atoms with van der Waals surface area (Å²) in [6, 6.07) is 0. The first kappa shape index (κ1) is 7.71. The normalized spacial score (nSPS) is 76.5. The first-order chi connectivity index (χ1) is 5.79. The van der Waals surface area contributed by atoms with Crippen molar-refractivity contribution >= 4 is 45.2 Å². The Morgan fingerprint density at radius 3 is 1.42 bits per heavy atom. The second kappa shape index (κ2) is 2.17. The van der Waals surface area contributed by atoms with Crippen LogP contribution in [0.3, 0.4) is 0 Å². The summed E-state index contributed by atoms with van der Waals surface area (Å²) in [5.41, 5.74) is 0. The average Bonchev–Trinajstić information content (AvgIpc) is 2.68. The van der Waals surface area contributed by atoms with Crippen LogP contribution in [0.1, 0.15) is 12.8 Å². The minimum absolute atomic E-state index is 1.08. The fourth-order valence-corrected chi connectivity index (χ4v) is 8.66. The highest BCUT2D eigenvalue weighted by atomic mass is 127. The minimum atomic E-state index is 1.08. The zero-order valence-electron chi connectivity index (χ0n) is 6.79. The summed E-state index contributed by atoms with van der Waals surface area (Å²) in [7, 11) is 0. The number of fused-ring (bicyclic) bond motifs is 4. The molecular weight excluding hydrogens is 374 g/mol. The van der Waals surface area contributed by atoms with Gasteiger partial charge in [0, 0.05) is 7.85 Å². The molecule has 0 N–H and O–H groups in total. The van der Waals surface area contributed by atoms with Crippen molar-refractivity contribution in [2.24, 2.45) is 35.5 Å². The second-order valence-corrected chi connectivity index (χ2v) is 8.05. The van der Waals surface area contributed by atoms with Crippen molar-refractivity contribution in [3.8, 4) is 0 Å². The lowest BCUT2D eigenvalue weighted by atomic mass is 9.71. The van der Waals surface area contributed by atoms with Crippen molar-refractivity contribution < 1.29 is 0 Å². The van der Waals surface area contributed by atoms with Gasteiger partial charge in [-0.25, -0.2) is 0 Å². The Kier molecular flexibility index (Phi) is 1.39. The molecule has 4 aliphatic rings. The molecule has 2 heteroatoms. The van der Waals surface area contributed by atoms with Crippen molar-refractivity contribution in [1.82, 2.24) is 0 Å². The van der Waals surface area contributed by atoms with Crippen LogP contribution in [0.15, 0.2) is 0 Å². The third-order valence-electron chi connectivity index (χ3n) is 5.18. The van der Waals surface area contributed by atoms with Crippen LogP contribution in [-0.2, 0) is 0 Å². The fraction of sp³-hybridized carbons (Fsp3) is 1.00. The number of hydrogen-bond acceptors (Lipinski definition) is 0. The molecule has 0 nitrogen and oxygen atoms in total. The van der Waals surface area contributed by atoms with E-state index < -0.39 is 0 Å². The van der Waals surface area contributed by atoms with Gasteiger partial charge >= 0.3 is 0 Å². The lowest BCUT2D eigenvalue weighted by Gasteiger charge is -2.33. The van der Waals surface area contributed by atoms with Gasteiger partial charge < -0.3 is 0 Å². The summed E-state index contributed by atoms with van der Waals surface area (Å²) in [4.78, 5) is 0. The summed E-state index contributed by atoms with van der Waals surface area (Å²) >= 11 is 5.53. The summed E-state index contributed by atoms with van der Waals surface area (Å²) in [6.07, 6.45) is 3.23. The van der Waals surface area contributed by atoms with E-state index in [4.69, 9.17) is 0 Å². The molecule has 4 rings (SSSR count). The molecule has 0 aliphatic heterocycles. The van der Waals surface area contributed by atoms with Crippen LogP contribution in [0.5, 0.6) is 0 Å². The molecule has 0 saturated heterocycles. The molecule has 4 aliphatic carbocycles. The molecule has 8 atom stereocenters. The van der Waals surface area contributed by atoms with E-state index in [1.165, 1.54) is 23.7 Å². The van der Waals surface area contributed by atoms with Crippen molar-refractivity contribution in [2.75, 3.05) is 0 Å². The molecule has 4 bridgehead atoms. The van der Waals surface area contributed by atoms with Crippen molar-refractivity contribution in [2.45, 2.75) is 20.7 Å². The van der Waals surface area contributed by atoms with Gasteiger partial charge in [0.15, 0.2) is 0 Å². The molecule has 0 aromatic carbocycles.